The number of nitrogens with zero attached hydrogens (tertiary/aromatic N) is 1. The summed E-state index contributed by atoms with van der Waals surface area (Å²) in [4.78, 5) is 22.5. The van der Waals surface area contributed by atoms with Crippen LogP contribution in [0.4, 0.5) is 5.69 Å². The van der Waals surface area contributed by atoms with Crippen LogP contribution in [0.15, 0.2) is 18.2 Å². The van der Waals surface area contributed by atoms with Gasteiger partial charge in [0, 0.05) is 17.3 Å². The lowest BCUT2D eigenvalue weighted by atomic mass is 10.1. The van der Waals surface area contributed by atoms with E-state index in [1.807, 2.05) is 0 Å². The third-order valence-corrected chi connectivity index (χ3v) is 4.85. The van der Waals surface area contributed by atoms with Crippen LogP contribution >= 0.6 is 15.9 Å². The van der Waals surface area contributed by atoms with Gasteiger partial charge in [0.25, 0.3) is 0 Å². The van der Waals surface area contributed by atoms with Crippen LogP contribution in [0.3, 0.4) is 0 Å². The fourth-order valence-corrected chi connectivity index (χ4v) is 3.50. The third kappa shape index (κ3) is 5.20. The smallest absolute Gasteiger partial charge is 0.311 e. The van der Waals surface area contributed by atoms with Crippen molar-refractivity contribution in [1.29, 1.82) is 0 Å². The van der Waals surface area contributed by atoms with E-state index in [2.05, 4.69) is 20.7 Å². The lowest BCUT2D eigenvalue weighted by Gasteiger charge is -2.12. The molecule has 1 aliphatic carbocycles. The molecule has 2 unspecified atom stereocenters. The molecule has 126 valence electrons. The number of hydrogen-bond acceptors (Lipinski definition) is 5. The molecule has 0 spiro atoms. The highest BCUT2D eigenvalue weighted by molar-refractivity contribution is 9.09. The first kappa shape index (κ1) is 17.7. The number of aryl methyl sites for hydroxylation is 1. The van der Waals surface area contributed by atoms with Crippen molar-refractivity contribution in [1.82, 2.24) is 0 Å². The molecule has 1 aliphatic rings. The lowest BCUT2D eigenvalue weighted by molar-refractivity contribution is -0.386. The number of esters is 1. The standard InChI is InChI=1S/C16H20BrNO5/c1-22-16(19)7-4-11-3-6-15(14(9-11)18(20)21)23-10-12-2-5-13(17)8-12/h3,6,9,12-13H,2,4-5,7-8,10H2,1H3. The van der Waals surface area contributed by atoms with E-state index in [1.165, 1.54) is 13.2 Å². The van der Waals surface area contributed by atoms with Crippen molar-refractivity contribution < 1.29 is 19.2 Å². The number of halogens is 1. The summed E-state index contributed by atoms with van der Waals surface area (Å²) in [6, 6.07) is 4.85. The van der Waals surface area contributed by atoms with Crippen LogP contribution in [0.25, 0.3) is 0 Å². The molecule has 0 bridgehead atoms. The highest BCUT2D eigenvalue weighted by atomic mass is 79.9. The molecule has 1 saturated carbocycles. The van der Waals surface area contributed by atoms with Gasteiger partial charge in [0.15, 0.2) is 5.75 Å². The molecule has 0 saturated heterocycles. The summed E-state index contributed by atoms with van der Waals surface area (Å²) < 4.78 is 10.3. The number of carbonyl (C=O) groups is 1. The number of rotatable bonds is 7. The molecule has 0 radical (unpaired) electrons. The molecule has 0 heterocycles. The SMILES string of the molecule is COC(=O)CCc1ccc(OCC2CCC(Br)C2)c([N+](=O)[O-])c1. The molecule has 1 aromatic carbocycles. The molecule has 0 N–H and O–H groups in total. The Morgan fingerprint density at radius 1 is 1.43 bits per heavy atom. The zero-order valence-corrected chi connectivity index (χ0v) is 14.6. The van der Waals surface area contributed by atoms with Gasteiger partial charge in [-0.3, -0.25) is 14.9 Å². The molecular formula is C16H20BrNO5. The van der Waals surface area contributed by atoms with Gasteiger partial charge in [-0.1, -0.05) is 22.0 Å². The van der Waals surface area contributed by atoms with Gasteiger partial charge >= 0.3 is 11.7 Å². The fourth-order valence-electron chi connectivity index (χ4n) is 2.70. The minimum absolute atomic E-state index is 0.0549. The van der Waals surface area contributed by atoms with E-state index in [1.54, 1.807) is 12.1 Å². The van der Waals surface area contributed by atoms with Crippen molar-refractivity contribution in [3.05, 3.63) is 33.9 Å². The molecule has 0 aromatic heterocycles. The summed E-state index contributed by atoms with van der Waals surface area (Å²) in [5.74, 6) is 0.381. The van der Waals surface area contributed by atoms with Crippen LogP contribution < -0.4 is 4.74 Å². The Bertz CT molecular complexity index is 578. The molecule has 0 amide bonds. The first-order valence-electron chi connectivity index (χ1n) is 7.60. The highest BCUT2D eigenvalue weighted by Crippen LogP contribution is 2.33. The van der Waals surface area contributed by atoms with Crippen molar-refractivity contribution in [2.24, 2.45) is 5.92 Å². The Kier molecular flexibility index (Phi) is 6.38. The summed E-state index contributed by atoms with van der Waals surface area (Å²) in [5, 5.41) is 11.2. The predicted octanol–water partition coefficient (Wildman–Crippen LogP) is 3.64. The van der Waals surface area contributed by atoms with Crippen LogP contribution in [0.1, 0.15) is 31.2 Å². The number of carbonyl (C=O) groups excluding carboxylic acids is 1. The van der Waals surface area contributed by atoms with E-state index in [0.29, 0.717) is 23.8 Å². The largest absolute Gasteiger partial charge is 0.487 e. The predicted molar refractivity (Wildman–Crippen MR) is 89.0 cm³/mol. The Balaban J connectivity index is 2.01. The van der Waals surface area contributed by atoms with Crippen LogP contribution in [0.5, 0.6) is 5.75 Å². The summed E-state index contributed by atoms with van der Waals surface area (Å²) in [5.41, 5.74) is 0.664. The number of nitro groups is 1. The van der Waals surface area contributed by atoms with Gasteiger partial charge < -0.3 is 9.47 Å². The second-order valence-electron chi connectivity index (χ2n) is 5.72. The van der Waals surface area contributed by atoms with Crippen molar-refractivity contribution in [2.45, 2.75) is 36.9 Å². The maximum absolute atomic E-state index is 11.2. The molecule has 2 rings (SSSR count). The molecule has 23 heavy (non-hydrogen) atoms. The molecule has 7 heteroatoms. The van der Waals surface area contributed by atoms with Crippen molar-refractivity contribution in [2.75, 3.05) is 13.7 Å². The number of benzene rings is 1. The number of nitro benzene ring substituents is 1. The first-order chi connectivity index (χ1) is 11.0. The number of ether oxygens (including phenoxy) is 2. The molecule has 1 fully saturated rings. The minimum Gasteiger partial charge on any atom is -0.487 e. The minimum atomic E-state index is -0.446. The maximum Gasteiger partial charge on any atom is 0.311 e. The number of hydrogen-bond donors (Lipinski definition) is 0. The normalized spacial score (nSPS) is 20.3. The lowest BCUT2D eigenvalue weighted by Crippen LogP contribution is -2.10. The van der Waals surface area contributed by atoms with Gasteiger partial charge in [-0.2, -0.15) is 0 Å². The molecular weight excluding hydrogens is 366 g/mol. The van der Waals surface area contributed by atoms with Gasteiger partial charge in [0.2, 0.25) is 0 Å². The third-order valence-electron chi connectivity index (χ3n) is 4.02. The Hall–Kier alpha value is -1.63. The average Bonchev–Trinajstić information content (AvgIpc) is 2.96. The van der Waals surface area contributed by atoms with E-state index in [-0.39, 0.29) is 23.8 Å². The fraction of sp³-hybridized carbons (Fsp3) is 0.562. The van der Waals surface area contributed by atoms with Crippen molar-refractivity contribution >= 4 is 27.6 Å². The monoisotopic (exact) mass is 385 g/mol. The van der Waals surface area contributed by atoms with Crippen molar-refractivity contribution in [3.8, 4) is 5.75 Å². The first-order valence-corrected chi connectivity index (χ1v) is 8.52. The maximum atomic E-state index is 11.2. The summed E-state index contributed by atoms with van der Waals surface area (Å²) in [6.45, 7) is 0.491. The Labute approximate surface area is 143 Å². The van der Waals surface area contributed by atoms with Crippen LogP contribution in [-0.4, -0.2) is 29.4 Å². The van der Waals surface area contributed by atoms with Gasteiger partial charge in [-0.25, -0.2) is 0 Å². The molecule has 1 aromatic rings. The van der Waals surface area contributed by atoms with Gasteiger partial charge in [-0.15, -0.1) is 0 Å². The Morgan fingerprint density at radius 3 is 2.83 bits per heavy atom. The Morgan fingerprint density at radius 2 is 2.22 bits per heavy atom. The van der Waals surface area contributed by atoms with E-state index < -0.39 is 4.92 Å². The van der Waals surface area contributed by atoms with Gasteiger partial charge in [0.05, 0.1) is 18.6 Å². The zero-order valence-electron chi connectivity index (χ0n) is 13.0. The summed E-state index contributed by atoms with van der Waals surface area (Å²) in [6.07, 6.45) is 3.82. The molecule has 6 nitrogen and oxygen atoms in total. The van der Waals surface area contributed by atoms with Gasteiger partial charge in [0.1, 0.15) is 0 Å². The summed E-state index contributed by atoms with van der Waals surface area (Å²) >= 11 is 3.59. The zero-order chi connectivity index (χ0) is 16.8. The van der Waals surface area contributed by atoms with Crippen LogP contribution in [0.2, 0.25) is 0 Å². The molecule has 0 aliphatic heterocycles. The highest BCUT2D eigenvalue weighted by Gasteiger charge is 2.24. The van der Waals surface area contributed by atoms with E-state index >= 15 is 0 Å². The number of methoxy groups -OCH3 is 1. The van der Waals surface area contributed by atoms with E-state index in [4.69, 9.17) is 4.74 Å². The van der Waals surface area contributed by atoms with Gasteiger partial charge in [-0.05, 0) is 43.2 Å². The second-order valence-corrected chi connectivity index (χ2v) is 7.02. The van der Waals surface area contributed by atoms with Crippen molar-refractivity contribution in [3.63, 3.8) is 0 Å². The molecule has 2 atom stereocenters. The topological polar surface area (TPSA) is 78.7 Å². The van der Waals surface area contributed by atoms with Crippen LogP contribution in [0, 0.1) is 16.0 Å². The second kappa shape index (κ2) is 8.29. The van der Waals surface area contributed by atoms with E-state index in [9.17, 15) is 14.9 Å². The average molecular weight is 386 g/mol. The summed E-state index contributed by atoms with van der Waals surface area (Å²) in [7, 11) is 1.32. The number of alkyl halides is 1. The van der Waals surface area contributed by atoms with Crippen LogP contribution in [-0.2, 0) is 16.0 Å². The van der Waals surface area contributed by atoms with E-state index in [0.717, 1.165) is 24.8 Å². The quantitative estimate of drug-likeness (QED) is 0.309.